The van der Waals surface area contributed by atoms with Gasteiger partial charge in [0.2, 0.25) is 0 Å². The summed E-state index contributed by atoms with van der Waals surface area (Å²) in [7, 11) is 1.82. The zero-order valence-electron chi connectivity index (χ0n) is 9.53. The van der Waals surface area contributed by atoms with Crippen molar-refractivity contribution in [2.24, 2.45) is 0 Å². The van der Waals surface area contributed by atoms with Gasteiger partial charge in [0, 0.05) is 6.54 Å². The SMILES string of the molecule is CNC[C@H](O)c1cccc(OC(C)C)c1. The Balaban J connectivity index is 2.73. The second-order valence-corrected chi connectivity index (χ2v) is 3.81. The summed E-state index contributed by atoms with van der Waals surface area (Å²) in [5.41, 5.74) is 0.877. The van der Waals surface area contributed by atoms with E-state index in [9.17, 15) is 5.11 Å². The van der Waals surface area contributed by atoms with Crippen LogP contribution in [0.4, 0.5) is 0 Å². The van der Waals surface area contributed by atoms with Crippen LogP contribution in [0.1, 0.15) is 25.5 Å². The maximum atomic E-state index is 9.76. The third-order valence-corrected chi connectivity index (χ3v) is 2.01. The van der Waals surface area contributed by atoms with Crippen LogP contribution in [0.15, 0.2) is 24.3 Å². The maximum absolute atomic E-state index is 9.76. The molecule has 3 heteroatoms. The van der Waals surface area contributed by atoms with E-state index < -0.39 is 6.10 Å². The van der Waals surface area contributed by atoms with E-state index in [0.717, 1.165) is 11.3 Å². The molecule has 0 unspecified atom stereocenters. The van der Waals surface area contributed by atoms with Crippen molar-refractivity contribution in [3.05, 3.63) is 29.8 Å². The lowest BCUT2D eigenvalue weighted by molar-refractivity contribution is 0.176. The number of hydrogen-bond donors (Lipinski definition) is 2. The molecule has 0 saturated carbocycles. The van der Waals surface area contributed by atoms with E-state index in [4.69, 9.17) is 4.74 Å². The molecule has 15 heavy (non-hydrogen) atoms. The fourth-order valence-electron chi connectivity index (χ4n) is 1.38. The van der Waals surface area contributed by atoms with Gasteiger partial charge in [0.15, 0.2) is 0 Å². The van der Waals surface area contributed by atoms with Crippen molar-refractivity contribution in [1.29, 1.82) is 0 Å². The molecule has 1 aromatic carbocycles. The van der Waals surface area contributed by atoms with Gasteiger partial charge in [0.05, 0.1) is 12.2 Å². The van der Waals surface area contributed by atoms with Gasteiger partial charge < -0.3 is 15.2 Å². The molecule has 0 amide bonds. The van der Waals surface area contributed by atoms with Crippen molar-refractivity contribution < 1.29 is 9.84 Å². The highest BCUT2D eigenvalue weighted by Crippen LogP contribution is 2.19. The molecule has 0 aliphatic rings. The van der Waals surface area contributed by atoms with E-state index in [1.165, 1.54) is 0 Å². The molecule has 0 bridgehead atoms. The number of ether oxygens (including phenoxy) is 1. The first kappa shape index (κ1) is 12.0. The van der Waals surface area contributed by atoms with Gasteiger partial charge in [-0.1, -0.05) is 12.1 Å². The predicted octanol–water partition coefficient (Wildman–Crippen LogP) is 1.73. The monoisotopic (exact) mass is 209 g/mol. The molecule has 1 rings (SSSR count). The smallest absolute Gasteiger partial charge is 0.120 e. The minimum Gasteiger partial charge on any atom is -0.491 e. The molecule has 0 radical (unpaired) electrons. The third kappa shape index (κ3) is 3.90. The highest BCUT2D eigenvalue weighted by atomic mass is 16.5. The Morgan fingerprint density at radius 1 is 1.40 bits per heavy atom. The van der Waals surface area contributed by atoms with Crippen LogP contribution in [0.3, 0.4) is 0 Å². The fourth-order valence-corrected chi connectivity index (χ4v) is 1.38. The molecule has 0 aromatic heterocycles. The number of likely N-dealkylation sites (N-methyl/N-ethyl adjacent to an activating group) is 1. The summed E-state index contributed by atoms with van der Waals surface area (Å²) in [5, 5.41) is 12.7. The average molecular weight is 209 g/mol. The molecule has 1 atom stereocenters. The summed E-state index contributed by atoms with van der Waals surface area (Å²) in [6.45, 7) is 4.51. The number of rotatable bonds is 5. The van der Waals surface area contributed by atoms with E-state index in [1.807, 2.05) is 45.2 Å². The molecule has 0 aliphatic carbocycles. The van der Waals surface area contributed by atoms with Crippen molar-refractivity contribution in [1.82, 2.24) is 5.32 Å². The summed E-state index contributed by atoms with van der Waals surface area (Å²) < 4.78 is 5.55. The summed E-state index contributed by atoms with van der Waals surface area (Å²) >= 11 is 0. The zero-order chi connectivity index (χ0) is 11.3. The molecule has 1 aromatic rings. The Kier molecular flexibility index (Phi) is 4.59. The maximum Gasteiger partial charge on any atom is 0.120 e. The predicted molar refractivity (Wildman–Crippen MR) is 61.1 cm³/mol. The van der Waals surface area contributed by atoms with Crippen molar-refractivity contribution in [2.75, 3.05) is 13.6 Å². The molecule has 0 heterocycles. The fraction of sp³-hybridized carbons (Fsp3) is 0.500. The lowest BCUT2D eigenvalue weighted by Crippen LogP contribution is -2.16. The second kappa shape index (κ2) is 5.73. The largest absolute Gasteiger partial charge is 0.491 e. The molecule has 2 N–H and O–H groups in total. The van der Waals surface area contributed by atoms with Gasteiger partial charge in [0.1, 0.15) is 5.75 Å². The van der Waals surface area contributed by atoms with Crippen LogP contribution in [-0.2, 0) is 0 Å². The lowest BCUT2D eigenvalue weighted by Gasteiger charge is -2.14. The third-order valence-electron chi connectivity index (χ3n) is 2.01. The van der Waals surface area contributed by atoms with E-state index in [1.54, 1.807) is 0 Å². The van der Waals surface area contributed by atoms with Crippen LogP contribution in [-0.4, -0.2) is 24.8 Å². The molecule has 0 spiro atoms. The molecule has 0 fully saturated rings. The highest BCUT2D eigenvalue weighted by Gasteiger charge is 2.07. The first-order chi connectivity index (χ1) is 7.13. The summed E-state index contributed by atoms with van der Waals surface area (Å²) in [6.07, 6.45) is -0.326. The quantitative estimate of drug-likeness (QED) is 0.776. The molecule has 0 saturated heterocycles. The molecular formula is C12H19NO2. The lowest BCUT2D eigenvalue weighted by atomic mass is 10.1. The molecule has 3 nitrogen and oxygen atoms in total. The van der Waals surface area contributed by atoms with Crippen LogP contribution in [0.2, 0.25) is 0 Å². The normalized spacial score (nSPS) is 12.9. The van der Waals surface area contributed by atoms with Gasteiger partial charge in [-0.2, -0.15) is 0 Å². The van der Waals surface area contributed by atoms with Gasteiger partial charge in [-0.25, -0.2) is 0 Å². The highest BCUT2D eigenvalue weighted by molar-refractivity contribution is 5.30. The standard InChI is InChI=1S/C12H19NO2/c1-9(2)15-11-6-4-5-10(7-11)12(14)8-13-3/h4-7,9,12-14H,8H2,1-3H3/t12-/m0/s1. The summed E-state index contributed by atoms with van der Waals surface area (Å²) in [4.78, 5) is 0. The van der Waals surface area contributed by atoms with Crippen molar-refractivity contribution in [3.8, 4) is 5.75 Å². The van der Waals surface area contributed by atoms with Crippen LogP contribution >= 0.6 is 0 Å². The number of hydrogen-bond acceptors (Lipinski definition) is 3. The Hall–Kier alpha value is -1.06. The molecule has 84 valence electrons. The van der Waals surface area contributed by atoms with Gasteiger partial charge in [-0.15, -0.1) is 0 Å². The van der Waals surface area contributed by atoms with Crippen LogP contribution in [0.5, 0.6) is 5.75 Å². The minimum absolute atomic E-state index is 0.154. The number of aliphatic hydroxyl groups excluding tert-OH is 1. The van der Waals surface area contributed by atoms with Crippen molar-refractivity contribution in [2.45, 2.75) is 26.1 Å². The van der Waals surface area contributed by atoms with Crippen LogP contribution in [0.25, 0.3) is 0 Å². The van der Waals surface area contributed by atoms with E-state index >= 15 is 0 Å². The van der Waals surface area contributed by atoms with Gasteiger partial charge in [-0.05, 0) is 38.6 Å². The van der Waals surface area contributed by atoms with Gasteiger partial charge in [0.25, 0.3) is 0 Å². The topological polar surface area (TPSA) is 41.5 Å². The number of benzene rings is 1. The molecular weight excluding hydrogens is 190 g/mol. The minimum atomic E-state index is -0.481. The zero-order valence-corrected chi connectivity index (χ0v) is 9.53. The van der Waals surface area contributed by atoms with E-state index in [2.05, 4.69) is 5.32 Å². The van der Waals surface area contributed by atoms with E-state index in [-0.39, 0.29) is 6.10 Å². The van der Waals surface area contributed by atoms with Crippen molar-refractivity contribution in [3.63, 3.8) is 0 Å². The van der Waals surface area contributed by atoms with Crippen molar-refractivity contribution >= 4 is 0 Å². The Bertz CT molecular complexity index is 299. The Labute approximate surface area is 91.1 Å². The Morgan fingerprint density at radius 2 is 2.13 bits per heavy atom. The van der Waals surface area contributed by atoms with E-state index in [0.29, 0.717) is 6.54 Å². The van der Waals surface area contributed by atoms with Gasteiger partial charge >= 0.3 is 0 Å². The van der Waals surface area contributed by atoms with Gasteiger partial charge in [-0.3, -0.25) is 0 Å². The summed E-state index contributed by atoms with van der Waals surface area (Å²) in [5.74, 6) is 0.803. The molecule has 0 aliphatic heterocycles. The average Bonchev–Trinajstić information content (AvgIpc) is 2.17. The number of aliphatic hydroxyl groups is 1. The van der Waals surface area contributed by atoms with Crippen LogP contribution in [0, 0.1) is 0 Å². The summed E-state index contributed by atoms with van der Waals surface area (Å²) in [6, 6.07) is 7.57. The number of nitrogens with one attached hydrogen (secondary N) is 1. The first-order valence-corrected chi connectivity index (χ1v) is 5.22. The first-order valence-electron chi connectivity index (χ1n) is 5.22. The second-order valence-electron chi connectivity index (χ2n) is 3.81. The Morgan fingerprint density at radius 3 is 2.73 bits per heavy atom. The van der Waals surface area contributed by atoms with Crippen LogP contribution < -0.4 is 10.1 Å².